The van der Waals surface area contributed by atoms with Crippen molar-refractivity contribution in [2.45, 2.75) is 31.9 Å². The van der Waals surface area contributed by atoms with Crippen LogP contribution in [0.1, 0.15) is 29.8 Å². The lowest BCUT2D eigenvalue weighted by Gasteiger charge is -2.22. The van der Waals surface area contributed by atoms with E-state index in [1.54, 1.807) is 17.1 Å². The molecule has 3 rings (SSSR count). The number of aromatic nitrogens is 3. The molecule has 2 aromatic rings. The van der Waals surface area contributed by atoms with Crippen LogP contribution >= 0.6 is 0 Å². The number of nitrogens with one attached hydrogen (secondary N) is 1. The minimum Gasteiger partial charge on any atom is -0.376 e. The van der Waals surface area contributed by atoms with Gasteiger partial charge in [0.15, 0.2) is 0 Å². The Morgan fingerprint density at radius 3 is 3.20 bits per heavy atom. The summed E-state index contributed by atoms with van der Waals surface area (Å²) < 4.78 is 12.2. The van der Waals surface area contributed by atoms with E-state index in [4.69, 9.17) is 9.26 Å². The molecule has 0 saturated carbocycles. The van der Waals surface area contributed by atoms with Crippen LogP contribution in [0.15, 0.2) is 29.2 Å². The Balaban J connectivity index is 1.57. The van der Waals surface area contributed by atoms with Crippen molar-refractivity contribution >= 4 is 11.6 Å². The van der Waals surface area contributed by atoms with Crippen LogP contribution in [0.4, 0.5) is 5.69 Å². The highest BCUT2D eigenvalue weighted by atomic mass is 16.5. The average molecular weight is 276 g/mol. The van der Waals surface area contributed by atoms with Gasteiger partial charge in [-0.1, -0.05) is 5.16 Å². The number of hydrogen-bond donors (Lipinski definition) is 1. The van der Waals surface area contributed by atoms with Gasteiger partial charge in [-0.3, -0.25) is 9.48 Å². The van der Waals surface area contributed by atoms with E-state index in [1.165, 1.54) is 18.7 Å². The molecule has 7 heteroatoms. The number of hydrogen-bond acceptors (Lipinski definition) is 5. The number of amides is 1. The molecule has 20 heavy (non-hydrogen) atoms. The van der Waals surface area contributed by atoms with Crippen molar-refractivity contribution in [3.63, 3.8) is 0 Å². The third-order valence-electron chi connectivity index (χ3n) is 3.22. The summed E-state index contributed by atoms with van der Waals surface area (Å²) in [4.78, 5) is 11.8. The zero-order valence-electron chi connectivity index (χ0n) is 11.0. The van der Waals surface area contributed by atoms with Crippen LogP contribution in [0.5, 0.6) is 0 Å². The summed E-state index contributed by atoms with van der Waals surface area (Å²) in [6, 6.07) is 1.51. The Labute approximate surface area is 115 Å². The predicted molar refractivity (Wildman–Crippen MR) is 70.3 cm³/mol. The molecule has 0 spiro atoms. The van der Waals surface area contributed by atoms with Gasteiger partial charge in [0.1, 0.15) is 0 Å². The van der Waals surface area contributed by atoms with Crippen molar-refractivity contribution in [2.24, 2.45) is 0 Å². The van der Waals surface area contributed by atoms with Crippen LogP contribution in [0, 0.1) is 0 Å². The normalized spacial score (nSPS) is 18.9. The lowest BCUT2D eigenvalue weighted by Crippen LogP contribution is -2.24. The highest BCUT2D eigenvalue weighted by Gasteiger charge is 2.16. The van der Waals surface area contributed by atoms with Gasteiger partial charge >= 0.3 is 0 Å². The van der Waals surface area contributed by atoms with Crippen LogP contribution in [0.3, 0.4) is 0 Å². The van der Waals surface area contributed by atoms with Gasteiger partial charge in [0.05, 0.1) is 30.7 Å². The molecule has 0 bridgehead atoms. The Kier molecular flexibility index (Phi) is 3.78. The van der Waals surface area contributed by atoms with Gasteiger partial charge in [-0.15, -0.1) is 0 Å². The van der Waals surface area contributed by atoms with Gasteiger partial charge < -0.3 is 14.6 Å². The van der Waals surface area contributed by atoms with E-state index in [9.17, 15) is 4.79 Å². The largest absolute Gasteiger partial charge is 0.376 e. The van der Waals surface area contributed by atoms with E-state index in [0.717, 1.165) is 19.4 Å². The van der Waals surface area contributed by atoms with Crippen molar-refractivity contribution in [1.29, 1.82) is 0 Å². The predicted octanol–water partition coefficient (Wildman–Crippen LogP) is 1.69. The topological polar surface area (TPSA) is 82.2 Å². The fraction of sp³-hybridized carbons (Fsp3) is 0.462. The molecule has 1 aliphatic heterocycles. The molecule has 1 fully saturated rings. The first kappa shape index (κ1) is 12.9. The average Bonchev–Trinajstić information content (AvgIpc) is 3.11. The first-order chi connectivity index (χ1) is 9.81. The van der Waals surface area contributed by atoms with E-state index in [-0.39, 0.29) is 17.8 Å². The van der Waals surface area contributed by atoms with Crippen LogP contribution in [-0.4, -0.2) is 33.6 Å². The highest BCUT2D eigenvalue weighted by molar-refractivity contribution is 6.01. The van der Waals surface area contributed by atoms with Crippen LogP contribution in [-0.2, 0) is 11.3 Å². The number of nitrogens with zero attached hydrogens (tertiary/aromatic N) is 3. The lowest BCUT2D eigenvalue weighted by molar-refractivity contribution is 0.00401. The number of anilines is 1. The lowest BCUT2D eigenvalue weighted by atomic mass is 10.1. The maximum Gasteiger partial charge on any atom is 0.294 e. The van der Waals surface area contributed by atoms with Gasteiger partial charge in [0, 0.05) is 18.9 Å². The zero-order chi connectivity index (χ0) is 13.8. The summed E-state index contributed by atoms with van der Waals surface area (Å²) in [5.41, 5.74) is 0.627. The van der Waals surface area contributed by atoms with E-state index in [0.29, 0.717) is 12.2 Å². The Morgan fingerprint density at radius 1 is 1.50 bits per heavy atom. The summed E-state index contributed by atoms with van der Waals surface area (Å²) in [5, 5.41) is 10.4. The summed E-state index contributed by atoms with van der Waals surface area (Å²) in [6.07, 6.45) is 8.41. The minimum atomic E-state index is -0.337. The van der Waals surface area contributed by atoms with Crippen molar-refractivity contribution in [3.05, 3.63) is 30.4 Å². The molecule has 1 aliphatic rings. The number of rotatable bonds is 4. The first-order valence-corrected chi connectivity index (χ1v) is 6.67. The van der Waals surface area contributed by atoms with Gasteiger partial charge in [-0.05, 0) is 19.3 Å². The molecule has 7 nitrogen and oxygen atoms in total. The van der Waals surface area contributed by atoms with Crippen molar-refractivity contribution in [2.75, 3.05) is 11.9 Å². The molecular formula is C13H16N4O3. The van der Waals surface area contributed by atoms with E-state index in [2.05, 4.69) is 15.6 Å². The van der Waals surface area contributed by atoms with Gasteiger partial charge in [0.2, 0.25) is 5.76 Å². The summed E-state index contributed by atoms with van der Waals surface area (Å²) in [6.45, 7) is 1.53. The van der Waals surface area contributed by atoms with Gasteiger partial charge in [-0.25, -0.2) is 0 Å². The number of ether oxygens (including phenoxy) is 1. The molecule has 1 N–H and O–H groups in total. The summed E-state index contributed by atoms with van der Waals surface area (Å²) in [5.74, 6) is -0.163. The first-order valence-electron chi connectivity index (χ1n) is 6.67. The van der Waals surface area contributed by atoms with Gasteiger partial charge in [-0.2, -0.15) is 5.10 Å². The molecule has 1 amide bonds. The second-order valence-electron chi connectivity index (χ2n) is 4.77. The van der Waals surface area contributed by atoms with E-state index in [1.807, 2.05) is 0 Å². The van der Waals surface area contributed by atoms with Gasteiger partial charge in [0.25, 0.3) is 5.91 Å². The standard InChI is InChI=1S/C13H16N4O3/c18-13(12-4-5-15-20-12)16-10-7-14-17(8-10)9-11-3-1-2-6-19-11/h4-5,7-8,11H,1-3,6,9H2,(H,16,18). The molecule has 1 atom stereocenters. The minimum absolute atomic E-state index is 0.174. The van der Waals surface area contributed by atoms with Crippen molar-refractivity contribution in [3.8, 4) is 0 Å². The maximum atomic E-state index is 11.8. The molecule has 2 aromatic heterocycles. The third-order valence-corrected chi connectivity index (χ3v) is 3.22. The SMILES string of the molecule is O=C(Nc1cnn(CC2CCCCO2)c1)c1ccno1. The molecule has 1 saturated heterocycles. The molecule has 106 valence electrons. The van der Waals surface area contributed by atoms with Crippen LogP contribution in [0.25, 0.3) is 0 Å². The molecular weight excluding hydrogens is 260 g/mol. The number of carbonyl (C=O) groups is 1. The Morgan fingerprint density at radius 2 is 2.45 bits per heavy atom. The summed E-state index contributed by atoms with van der Waals surface area (Å²) in [7, 11) is 0. The van der Waals surface area contributed by atoms with Crippen molar-refractivity contribution < 1.29 is 14.1 Å². The van der Waals surface area contributed by atoms with Crippen LogP contribution < -0.4 is 5.32 Å². The van der Waals surface area contributed by atoms with Crippen LogP contribution in [0.2, 0.25) is 0 Å². The Hall–Kier alpha value is -2.15. The summed E-state index contributed by atoms with van der Waals surface area (Å²) >= 11 is 0. The molecule has 3 heterocycles. The fourth-order valence-electron chi connectivity index (χ4n) is 2.21. The molecule has 0 aromatic carbocycles. The smallest absolute Gasteiger partial charge is 0.294 e. The quantitative estimate of drug-likeness (QED) is 0.919. The fourth-order valence-corrected chi connectivity index (χ4v) is 2.21. The molecule has 0 radical (unpaired) electrons. The monoisotopic (exact) mass is 276 g/mol. The second kappa shape index (κ2) is 5.87. The molecule has 1 unspecified atom stereocenters. The third kappa shape index (κ3) is 3.05. The number of carbonyl (C=O) groups excluding carboxylic acids is 1. The second-order valence-corrected chi connectivity index (χ2v) is 4.77. The van der Waals surface area contributed by atoms with Crippen molar-refractivity contribution in [1.82, 2.24) is 14.9 Å². The zero-order valence-corrected chi connectivity index (χ0v) is 11.0. The molecule has 0 aliphatic carbocycles. The van der Waals surface area contributed by atoms with E-state index >= 15 is 0 Å². The van der Waals surface area contributed by atoms with E-state index < -0.39 is 0 Å². The maximum absolute atomic E-state index is 11.8. The Bertz CT molecular complexity index is 558. The highest BCUT2D eigenvalue weighted by Crippen LogP contribution is 2.15.